The van der Waals surface area contributed by atoms with Gasteiger partial charge in [-0.3, -0.25) is 19.1 Å². The van der Waals surface area contributed by atoms with Crippen molar-refractivity contribution in [1.29, 1.82) is 0 Å². The lowest BCUT2D eigenvalue weighted by Gasteiger charge is -2.41. The highest BCUT2D eigenvalue weighted by molar-refractivity contribution is 5.94. The van der Waals surface area contributed by atoms with Crippen LogP contribution < -0.4 is 19.7 Å². The van der Waals surface area contributed by atoms with E-state index in [1.807, 2.05) is 24.3 Å². The number of hydrogen-bond donors (Lipinski definition) is 1. The second kappa shape index (κ2) is 11.4. The number of nitrogens with zero attached hydrogens (tertiary/aromatic N) is 7. The Hall–Kier alpha value is -5.00. The summed E-state index contributed by atoms with van der Waals surface area (Å²) in [4.78, 5) is 47.5. The van der Waals surface area contributed by atoms with E-state index in [0.717, 1.165) is 22.9 Å². The molecular weight excluding hydrogens is 512 g/mol. The van der Waals surface area contributed by atoms with E-state index in [1.165, 1.54) is 0 Å². The number of carbonyl (C=O) groups is 2. The maximum absolute atomic E-state index is 13.4. The summed E-state index contributed by atoms with van der Waals surface area (Å²) in [5, 5.41) is 3.01. The van der Waals surface area contributed by atoms with Crippen molar-refractivity contribution in [2.75, 3.05) is 37.9 Å². The molecule has 0 saturated carbocycles. The van der Waals surface area contributed by atoms with Gasteiger partial charge in [0.1, 0.15) is 12.1 Å². The number of amides is 2. The van der Waals surface area contributed by atoms with Gasteiger partial charge >= 0.3 is 0 Å². The van der Waals surface area contributed by atoms with E-state index in [-0.39, 0.29) is 31.1 Å². The Morgan fingerprint density at radius 1 is 1.02 bits per heavy atom. The largest absolute Gasteiger partial charge is 0.454 e. The fraction of sp³-hybridized carbons (Fsp3) is 0.286. The molecule has 3 aromatic heterocycles. The summed E-state index contributed by atoms with van der Waals surface area (Å²) < 4.78 is 12.5. The minimum atomic E-state index is -0.362. The van der Waals surface area contributed by atoms with Crippen LogP contribution in [-0.4, -0.2) is 80.2 Å². The van der Waals surface area contributed by atoms with Crippen LogP contribution >= 0.6 is 0 Å². The molecule has 2 aliphatic heterocycles. The lowest BCUT2D eigenvalue weighted by atomic mass is 10.1. The highest BCUT2D eigenvalue weighted by atomic mass is 16.7. The first-order valence-electron chi connectivity index (χ1n) is 13.1. The van der Waals surface area contributed by atoms with E-state index < -0.39 is 0 Å². The minimum absolute atomic E-state index is 0.127. The molecule has 6 rings (SSSR count). The molecule has 0 aliphatic carbocycles. The molecular formula is C28H28N8O4. The molecule has 1 atom stereocenters. The predicted molar refractivity (Wildman–Crippen MR) is 144 cm³/mol. The lowest BCUT2D eigenvalue weighted by Crippen LogP contribution is -2.56. The first-order valence-corrected chi connectivity index (χ1v) is 13.1. The van der Waals surface area contributed by atoms with Crippen molar-refractivity contribution in [2.45, 2.75) is 18.9 Å². The summed E-state index contributed by atoms with van der Waals surface area (Å²) in [7, 11) is 0. The van der Waals surface area contributed by atoms with Gasteiger partial charge in [0.25, 0.3) is 5.91 Å². The number of aromatic nitrogens is 5. The van der Waals surface area contributed by atoms with E-state index in [0.29, 0.717) is 44.1 Å². The number of rotatable bonds is 8. The van der Waals surface area contributed by atoms with Gasteiger partial charge in [-0.15, -0.1) is 0 Å². The SMILES string of the molecule is O=C(CC1CN(c2ccnc(-n3ccnc3)n2)CCN1C(=O)c1cccnc1)NCCc1ccc2c(c1)OCO2. The smallest absolute Gasteiger partial charge is 0.255 e. The van der Waals surface area contributed by atoms with E-state index in [2.05, 4.69) is 25.2 Å². The third-order valence-electron chi connectivity index (χ3n) is 6.93. The maximum atomic E-state index is 13.4. The molecule has 2 amide bonds. The van der Waals surface area contributed by atoms with Crippen molar-refractivity contribution >= 4 is 17.6 Å². The number of carbonyl (C=O) groups excluding carboxylic acids is 2. The van der Waals surface area contributed by atoms with Crippen molar-refractivity contribution in [3.63, 3.8) is 0 Å². The van der Waals surface area contributed by atoms with Gasteiger partial charge in [-0.05, 0) is 42.3 Å². The first-order chi connectivity index (χ1) is 19.6. The Kier molecular flexibility index (Phi) is 7.20. The minimum Gasteiger partial charge on any atom is -0.454 e. The second-order valence-electron chi connectivity index (χ2n) is 9.52. The quantitative estimate of drug-likeness (QED) is 0.356. The van der Waals surface area contributed by atoms with Crippen LogP contribution in [0.3, 0.4) is 0 Å². The number of piperazine rings is 1. The first kappa shape index (κ1) is 25.3. The van der Waals surface area contributed by atoms with Gasteiger partial charge in [-0.2, -0.15) is 4.98 Å². The zero-order valence-corrected chi connectivity index (χ0v) is 21.7. The molecule has 40 heavy (non-hydrogen) atoms. The van der Waals surface area contributed by atoms with Crippen molar-refractivity contribution in [2.24, 2.45) is 0 Å². The summed E-state index contributed by atoms with van der Waals surface area (Å²) in [6.45, 7) is 2.14. The number of imidazole rings is 1. The number of anilines is 1. The molecule has 1 N–H and O–H groups in total. The molecule has 1 saturated heterocycles. The number of benzene rings is 1. The van der Waals surface area contributed by atoms with Crippen LogP contribution in [0.1, 0.15) is 22.3 Å². The molecule has 204 valence electrons. The van der Waals surface area contributed by atoms with Crippen LogP contribution in [0.5, 0.6) is 11.5 Å². The summed E-state index contributed by atoms with van der Waals surface area (Å²) in [5.74, 6) is 2.40. The van der Waals surface area contributed by atoms with Crippen molar-refractivity contribution in [3.05, 3.63) is 84.8 Å². The highest BCUT2D eigenvalue weighted by Crippen LogP contribution is 2.32. The van der Waals surface area contributed by atoms with Gasteiger partial charge < -0.3 is 24.6 Å². The number of fused-ring (bicyclic) bond motifs is 1. The highest BCUT2D eigenvalue weighted by Gasteiger charge is 2.33. The van der Waals surface area contributed by atoms with Crippen LogP contribution in [0.4, 0.5) is 5.82 Å². The third-order valence-corrected chi connectivity index (χ3v) is 6.93. The van der Waals surface area contributed by atoms with Gasteiger partial charge in [0.15, 0.2) is 11.5 Å². The number of pyridine rings is 1. The number of ether oxygens (including phenoxy) is 2. The topological polar surface area (TPSA) is 128 Å². The Morgan fingerprint density at radius 3 is 2.80 bits per heavy atom. The van der Waals surface area contributed by atoms with Crippen LogP contribution in [0.15, 0.2) is 73.7 Å². The van der Waals surface area contributed by atoms with Gasteiger partial charge in [0.2, 0.25) is 18.6 Å². The van der Waals surface area contributed by atoms with Crippen LogP contribution in [0, 0.1) is 0 Å². The van der Waals surface area contributed by atoms with Crippen molar-refractivity contribution < 1.29 is 19.1 Å². The third kappa shape index (κ3) is 5.55. The Bertz CT molecular complexity index is 1480. The average molecular weight is 541 g/mol. The van der Waals surface area contributed by atoms with E-state index >= 15 is 0 Å². The molecule has 1 aromatic carbocycles. The van der Waals surface area contributed by atoms with Crippen LogP contribution in [0.2, 0.25) is 0 Å². The van der Waals surface area contributed by atoms with Crippen molar-refractivity contribution in [1.82, 2.24) is 34.7 Å². The normalized spacial score (nSPS) is 16.1. The molecule has 4 aromatic rings. The Balaban J connectivity index is 1.14. The average Bonchev–Trinajstić information content (AvgIpc) is 3.70. The van der Waals surface area contributed by atoms with Gasteiger partial charge in [-0.1, -0.05) is 6.07 Å². The zero-order valence-electron chi connectivity index (χ0n) is 21.7. The fourth-order valence-corrected chi connectivity index (χ4v) is 4.91. The number of nitrogens with one attached hydrogen (secondary N) is 1. The molecule has 12 heteroatoms. The summed E-state index contributed by atoms with van der Waals surface area (Å²) >= 11 is 0. The summed E-state index contributed by atoms with van der Waals surface area (Å²) in [6.07, 6.45) is 10.8. The molecule has 2 aliphatic rings. The van der Waals surface area contributed by atoms with Gasteiger partial charge in [0.05, 0.1) is 11.6 Å². The Morgan fingerprint density at radius 2 is 1.95 bits per heavy atom. The van der Waals surface area contributed by atoms with E-state index in [9.17, 15) is 9.59 Å². The molecule has 0 radical (unpaired) electrons. The monoisotopic (exact) mass is 540 g/mol. The molecule has 5 heterocycles. The molecule has 12 nitrogen and oxygen atoms in total. The lowest BCUT2D eigenvalue weighted by molar-refractivity contribution is -0.122. The van der Waals surface area contributed by atoms with Gasteiger partial charge in [-0.25, -0.2) is 9.97 Å². The second-order valence-corrected chi connectivity index (χ2v) is 9.52. The molecule has 1 unspecified atom stereocenters. The Labute approximate surface area is 230 Å². The van der Waals surface area contributed by atoms with Crippen molar-refractivity contribution in [3.8, 4) is 17.4 Å². The number of hydrogen-bond acceptors (Lipinski definition) is 9. The standard InChI is InChI=1S/C28H28N8O4/c37-26(31-8-5-20-3-4-23-24(14-20)40-19-39-23)15-22-17-34(12-13-36(22)27(38)21-2-1-7-29-16-21)25-6-9-32-28(33-25)35-11-10-30-18-35/h1-4,6-7,9-11,14,16,18,22H,5,8,12-13,15,17,19H2,(H,31,37). The summed E-state index contributed by atoms with van der Waals surface area (Å²) in [5.41, 5.74) is 1.54. The van der Waals surface area contributed by atoms with E-state index in [1.54, 1.807) is 58.9 Å². The molecule has 1 fully saturated rings. The van der Waals surface area contributed by atoms with Gasteiger partial charge in [0, 0.05) is 63.6 Å². The zero-order chi connectivity index (χ0) is 27.3. The maximum Gasteiger partial charge on any atom is 0.255 e. The van der Waals surface area contributed by atoms with Crippen LogP contribution in [0.25, 0.3) is 5.95 Å². The summed E-state index contributed by atoms with van der Waals surface area (Å²) in [6, 6.07) is 10.7. The van der Waals surface area contributed by atoms with Crippen LogP contribution in [-0.2, 0) is 11.2 Å². The molecule has 0 spiro atoms. The predicted octanol–water partition coefficient (Wildman–Crippen LogP) is 1.87. The van der Waals surface area contributed by atoms with E-state index in [4.69, 9.17) is 14.5 Å². The fourth-order valence-electron chi connectivity index (χ4n) is 4.91. The molecule has 0 bridgehead atoms.